The SMILES string of the molecule is C=CC(=O)NCc1cnn2ccccc12. The van der Waals surface area contributed by atoms with E-state index >= 15 is 0 Å². The van der Waals surface area contributed by atoms with Crippen molar-refractivity contribution in [2.45, 2.75) is 6.54 Å². The summed E-state index contributed by atoms with van der Waals surface area (Å²) in [7, 11) is 0. The van der Waals surface area contributed by atoms with E-state index in [-0.39, 0.29) is 5.91 Å². The van der Waals surface area contributed by atoms with Gasteiger partial charge in [-0.1, -0.05) is 12.6 Å². The van der Waals surface area contributed by atoms with Gasteiger partial charge in [-0.2, -0.15) is 5.10 Å². The van der Waals surface area contributed by atoms with Gasteiger partial charge in [0.05, 0.1) is 11.7 Å². The number of amides is 1. The Balaban J connectivity index is 2.21. The third-order valence-electron chi connectivity index (χ3n) is 2.14. The van der Waals surface area contributed by atoms with E-state index in [9.17, 15) is 4.79 Å². The predicted octanol–water partition coefficient (Wildman–Crippen LogP) is 1.14. The highest BCUT2D eigenvalue weighted by Crippen LogP contribution is 2.08. The summed E-state index contributed by atoms with van der Waals surface area (Å²) in [5, 5.41) is 6.88. The molecule has 0 aliphatic rings. The van der Waals surface area contributed by atoms with Gasteiger partial charge in [-0.3, -0.25) is 4.79 Å². The topological polar surface area (TPSA) is 46.4 Å². The molecule has 0 radical (unpaired) electrons. The van der Waals surface area contributed by atoms with Crippen LogP contribution < -0.4 is 5.32 Å². The summed E-state index contributed by atoms with van der Waals surface area (Å²) in [5.41, 5.74) is 1.99. The maximum Gasteiger partial charge on any atom is 0.243 e. The lowest BCUT2D eigenvalue weighted by Gasteiger charge is -1.99. The average molecular weight is 201 g/mol. The van der Waals surface area contributed by atoms with E-state index in [4.69, 9.17) is 0 Å². The first-order valence-electron chi connectivity index (χ1n) is 4.63. The first-order valence-corrected chi connectivity index (χ1v) is 4.63. The van der Waals surface area contributed by atoms with Crippen LogP contribution in [-0.4, -0.2) is 15.5 Å². The van der Waals surface area contributed by atoms with Crippen molar-refractivity contribution in [1.82, 2.24) is 14.9 Å². The molecule has 0 aromatic carbocycles. The molecule has 0 saturated carbocycles. The summed E-state index contributed by atoms with van der Waals surface area (Å²) in [6, 6.07) is 5.81. The lowest BCUT2D eigenvalue weighted by Crippen LogP contribution is -2.19. The Hall–Kier alpha value is -2.10. The number of nitrogens with zero attached hydrogens (tertiary/aromatic N) is 2. The first-order chi connectivity index (χ1) is 7.31. The second-order valence-electron chi connectivity index (χ2n) is 3.12. The number of pyridine rings is 1. The lowest BCUT2D eigenvalue weighted by molar-refractivity contribution is -0.116. The molecule has 76 valence electrons. The van der Waals surface area contributed by atoms with Crippen molar-refractivity contribution in [1.29, 1.82) is 0 Å². The third-order valence-corrected chi connectivity index (χ3v) is 2.14. The zero-order chi connectivity index (χ0) is 10.7. The maximum absolute atomic E-state index is 11.0. The smallest absolute Gasteiger partial charge is 0.243 e. The molecule has 0 aliphatic carbocycles. The number of aromatic nitrogens is 2. The van der Waals surface area contributed by atoms with Gasteiger partial charge in [0.2, 0.25) is 5.91 Å². The van der Waals surface area contributed by atoms with Crippen molar-refractivity contribution in [2.24, 2.45) is 0 Å². The Kier molecular flexibility index (Phi) is 2.49. The monoisotopic (exact) mass is 201 g/mol. The standard InChI is InChI=1S/C11H11N3O/c1-2-11(15)12-7-9-8-13-14-6-4-3-5-10(9)14/h2-6,8H,1,7H2,(H,12,15). The molecule has 0 bridgehead atoms. The van der Waals surface area contributed by atoms with Crippen LogP contribution >= 0.6 is 0 Å². The van der Waals surface area contributed by atoms with Crippen LogP contribution in [0.5, 0.6) is 0 Å². The number of rotatable bonds is 3. The Labute approximate surface area is 87.2 Å². The van der Waals surface area contributed by atoms with Crippen molar-refractivity contribution in [3.8, 4) is 0 Å². The van der Waals surface area contributed by atoms with Gasteiger partial charge in [-0.15, -0.1) is 0 Å². The number of hydrogen-bond acceptors (Lipinski definition) is 2. The molecular formula is C11H11N3O. The summed E-state index contributed by atoms with van der Waals surface area (Å²) in [4.78, 5) is 11.0. The number of hydrogen-bond donors (Lipinski definition) is 1. The molecule has 0 fully saturated rings. The first kappa shape index (κ1) is 9.45. The van der Waals surface area contributed by atoms with Gasteiger partial charge < -0.3 is 5.32 Å². The van der Waals surface area contributed by atoms with Crippen LogP contribution in [0, 0.1) is 0 Å². The average Bonchev–Trinajstić information content (AvgIpc) is 2.69. The molecule has 4 nitrogen and oxygen atoms in total. The van der Waals surface area contributed by atoms with Crippen molar-refractivity contribution < 1.29 is 4.79 Å². The normalized spacial score (nSPS) is 10.1. The highest BCUT2D eigenvalue weighted by molar-refractivity contribution is 5.86. The molecule has 0 atom stereocenters. The molecule has 0 saturated heterocycles. The van der Waals surface area contributed by atoms with Crippen LogP contribution in [-0.2, 0) is 11.3 Å². The van der Waals surface area contributed by atoms with Crippen LogP contribution in [0.25, 0.3) is 5.52 Å². The summed E-state index contributed by atoms with van der Waals surface area (Å²) in [6.45, 7) is 3.86. The molecule has 2 aromatic rings. The van der Waals surface area contributed by atoms with Gasteiger partial charge in [0.1, 0.15) is 0 Å². The van der Waals surface area contributed by atoms with Gasteiger partial charge >= 0.3 is 0 Å². The fraction of sp³-hybridized carbons (Fsp3) is 0.0909. The third kappa shape index (κ3) is 1.88. The number of carbonyl (C=O) groups excluding carboxylic acids is 1. The fourth-order valence-electron chi connectivity index (χ4n) is 1.38. The largest absolute Gasteiger partial charge is 0.348 e. The van der Waals surface area contributed by atoms with Crippen LogP contribution in [0.1, 0.15) is 5.56 Å². The quantitative estimate of drug-likeness (QED) is 0.757. The van der Waals surface area contributed by atoms with Gasteiger partial charge in [-0.05, 0) is 18.2 Å². The molecule has 0 unspecified atom stereocenters. The highest BCUT2D eigenvalue weighted by atomic mass is 16.1. The minimum absolute atomic E-state index is 0.176. The van der Waals surface area contributed by atoms with E-state index in [1.165, 1.54) is 6.08 Å². The summed E-state index contributed by atoms with van der Waals surface area (Å²) >= 11 is 0. The Bertz CT molecular complexity index is 501. The molecule has 2 aromatic heterocycles. The number of fused-ring (bicyclic) bond motifs is 1. The number of nitrogens with one attached hydrogen (secondary N) is 1. The van der Waals surface area contributed by atoms with Gasteiger partial charge in [-0.25, -0.2) is 4.52 Å². The maximum atomic E-state index is 11.0. The van der Waals surface area contributed by atoms with E-state index in [0.717, 1.165) is 11.1 Å². The molecule has 0 spiro atoms. The van der Waals surface area contributed by atoms with Gasteiger partial charge in [0, 0.05) is 18.3 Å². The molecule has 2 rings (SSSR count). The van der Waals surface area contributed by atoms with E-state index < -0.39 is 0 Å². The van der Waals surface area contributed by atoms with Crippen molar-refractivity contribution >= 4 is 11.4 Å². The molecule has 1 amide bonds. The van der Waals surface area contributed by atoms with E-state index in [1.54, 1.807) is 10.7 Å². The minimum atomic E-state index is -0.176. The van der Waals surface area contributed by atoms with Gasteiger partial charge in [0.25, 0.3) is 0 Å². The second-order valence-corrected chi connectivity index (χ2v) is 3.12. The van der Waals surface area contributed by atoms with E-state index in [0.29, 0.717) is 6.54 Å². The van der Waals surface area contributed by atoms with Crippen LogP contribution in [0.15, 0.2) is 43.2 Å². The highest BCUT2D eigenvalue weighted by Gasteiger charge is 2.03. The minimum Gasteiger partial charge on any atom is -0.348 e. The summed E-state index contributed by atoms with van der Waals surface area (Å²) in [5.74, 6) is -0.176. The molecule has 2 heterocycles. The van der Waals surface area contributed by atoms with Crippen LogP contribution in [0.2, 0.25) is 0 Å². The predicted molar refractivity (Wildman–Crippen MR) is 57.2 cm³/mol. The number of carbonyl (C=O) groups is 1. The molecule has 15 heavy (non-hydrogen) atoms. The van der Waals surface area contributed by atoms with E-state index in [1.807, 2.05) is 24.4 Å². The molecule has 4 heteroatoms. The van der Waals surface area contributed by atoms with E-state index in [2.05, 4.69) is 17.0 Å². The van der Waals surface area contributed by atoms with Crippen LogP contribution in [0.3, 0.4) is 0 Å². The van der Waals surface area contributed by atoms with Crippen LogP contribution in [0.4, 0.5) is 0 Å². The Morgan fingerprint density at radius 2 is 2.47 bits per heavy atom. The van der Waals surface area contributed by atoms with Crippen molar-refractivity contribution in [3.05, 3.63) is 48.8 Å². The van der Waals surface area contributed by atoms with Crippen molar-refractivity contribution in [3.63, 3.8) is 0 Å². The van der Waals surface area contributed by atoms with Gasteiger partial charge in [0.15, 0.2) is 0 Å². The molecule has 1 N–H and O–H groups in total. The summed E-state index contributed by atoms with van der Waals surface area (Å²) in [6.07, 6.45) is 4.87. The zero-order valence-electron chi connectivity index (χ0n) is 8.18. The fourth-order valence-corrected chi connectivity index (χ4v) is 1.38. The summed E-state index contributed by atoms with van der Waals surface area (Å²) < 4.78 is 1.77. The zero-order valence-corrected chi connectivity index (χ0v) is 8.18. The van der Waals surface area contributed by atoms with Crippen molar-refractivity contribution in [2.75, 3.05) is 0 Å². The Morgan fingerprint density at radius 1 is 1.60 bits per heavy atom. The second kappa shape index (κ2) is 3.96. The lowest BCUT2D eigenvalue weighted by atomic mass is 10.2. The Morgan fingerprint density at radius 3 is 3.27 bits per heavy atom. The molecule has 0 aliphatic heterocycles. The molecular weight excluding hydrogens is 190 g/mol.